The predicted molar refractivity (Wildman–Crippen MR) is 85.0 cm³/mol. The highest BCUT2D eigenvalue weighted by molar-refractivity contribution is 6.35. The van der Waals surface area contributed by atoms with Crippen molar-refractivity contribution in [2.45, 2.75) is 25.1 Å². The van der Waals surface area contributed by atoms with Gasteiger partial charge in [0.1, 0.15) is 6.04 Å². The molecular weight excluding hydrogens is 368 g/mol. The predicted octanol–water partition coefficient (Wildman–Crippen LogP) is 4.04. The molecule has 0 bridgehead atoms. The minimum absolute atomic E-state index is 0.344. The van der Waals surface area contributed by atoms with Crippen LogP contribution in [-0.2, 0) is 9.59 Å². The first-order valence-electron chi connectivity index (χ1n) is 6.99. The van der Waals surface area contributed by atoms with Gasteiger partial charge in [0.05, 0.1) is 0 Å². The highest BCUT2D eigenvalue weighted by Gasteiger charge is 2.37. The summed E-state index contributed by atoms with van der Waals surface area (Å²) in [7, 11) is 0. The normalized spacial score (nSPS) is 18.2. The van der Waals surface area contributed by atoms with Gasteiger partial charge in [-0.2, -0.15) is 13.2 Å². The number of hydrogen-bond donors (Lipinski definition) is 1. The molecule has 9 heteroatoms. The van der Waals surface area contributed by atoms with Crippen LogP contribution in [0, 0.1) is 0 Å². The van der Waals surface area contributed by atoms with Crippen molar-refractivity contribution in [3.05, 3.63) is 40.5 Å². The molecule has 1 atom stereocenters. The van der Waals surface area contributed by atoms with Gasteiger partial charge in [-0.3, -0.25) is 9.59 Å². The zero-order chi connectivity index (χ0) is 17.9. The van der Waals surface area contributed by atoms with Gasteiger partial charge in [0.25, 0.3) is 5.78 Å². The van der Waals surface area contributed by atoms with Crippen LogP contribution in [0.1, 0.15) is 12.8 Å². The molecule has 0 spiro atoms. The Balaban J connectivity index is 2.05. The molecule has 1 unspecified atom stereocenters. The van der Waals surface area contributed by atoms with Crippen LogP contribution in [0.15, 0.2) is 30.5 Å². The standard InChI is InChI=1S/C15H13Cl2F3N2O2/c16-9-6-10(17)8-11(7-9)21-14(24)12-2-1-4-22(12)5-3-13(23)15(18,19)20/h3,5-8,12H,1-2,4H2,(H,21,24). The van der Waals surface area contributed by atoms with Gasteiger partial charge in [-0.1, -0.05) is 23.2 Å². The van der Waals surface area contributed by atoms with Crippen molar-refractivity contribution in [2.75, 3.05) is 11.9 Å². The van der Waals surface area contributed by atoms with Crippen molar-refractivity contribution in [3.8, 4) is 0 Å². The molecule has 1 aliphatic heterocycles. The Morgan fingerprint density at radius 2 is 1.83 bits per heavy atom. The van der Waals surface area contributed by atoms with E-state index in [0.29, 0.717) is 41.2 Å². The minimum Gasteiger partial charge on any atom is -0.365 e. The van der Waals surface area contributed by atoms with E-state index >= 15 is 0 Å². The van der Waals surface area contributed by atoms with Crippen molar-refractivity contribution in [2.24, 2.45) is 0 Å². The van der Waals surface area contributed by atoms with E-state index in [2.05, 4.69) is 5.32 Å². The van der Waals surface area contributed by atoms with Crippen molar-refractivity contribution in [1.29, 1.82) is 0 Å². The van der Waals surface area contributed by atoms with E-state index < -0.39 is 23.9 Å². The molecule has 0 radical (unpaired) electrons. The summed E-state index contributed by atoms with van der Waals surface area (Å²) >= 11 is 11.7. The number of alkyl halides is 3. The molecule has 1 amide bonds. The number of carbonyl (C=O) groups excluding carboxylic acids is 2. The smallest absolute Gasteiger partial charge is 0.365 e. The molecule has 1 saturated heterocycles. The molecule has 24 heavy (non-hydrogen) atoms. The van der Waals surface area contributed by atoms with Gasteiger partial charge in [-0.15, -0.1) is 0 Å². The van der Waals surface area contributed by atoms with Crippen LogP contribution < -0.4 is 5.32 Å². The zero-order valence-corrected chi connectivity index (χ0v) is 13.8. The third-order valence-electron chi connectivity index (χ3n) is 3.42. The first-order valence-corrected chi connectivity index (χ1v) is 7.74. The average Bonchev–Trinajstić information content (AvgIpc) is 2.90. The quantitative estimate of drug-likeness (QED) is 0.801. The van der Waals surface area contributed by atoms with Crippen LogP contribution in [0.25, 0.3) is 0 Å². The molecule has 1 aliphatic rings. The second-order valence-electron chi connectivity index (χ2n) is 5.22. The molecule has 0 saturated carbocycles. The van der Waals surface area contributed by atoms with Gasteiger partial charge in [0, 0.05) is 34.6 Å². The summed E-state index contributed by atoms with van der Waals surface area (Å²) in [6, 6.07) is 3.85. The molecule has 1 N–H and O–H groups in total. The molecule has 0 aromatic heterocycles. The van der Waals surface area contributed by atoms with Crippen LogP contribution in [0.2, 0.25) is 10.0 Å². The lowest BCUT2D eigenvalue weighted by molar-refractivity contribution is -0.165. The topological polar surface area (TPSA) is 49.4 Å². The highest BCUT2D eigenvalue weighted by Crippen LogP contribution is 2.25. The Bertz CT molecular complexity index is 657. The van der Waals surface area contributed by atoms with Crippen LogP contribution in [-0.4, -0.2) is 35.4 Å². The Morgan fingerprint density at radius 3 is 2.42 bits per heavy atom. The van der Waals surface area contributed by atoms with Gasteiger partial charge in [0.15, 0.2) is 0 Å². The lowest BCUT2D eigenvalue weighted by Crippen LogP contribution is -2.36. The summed E-state index contributed by atoms with van der Waals surface area (Å²) in [6.45, 7) is 0.385. The first-order chi connectivity index (χ1) is 11.2. The number of hydrogen-bond acceptors (Lipinski definition) is 3. The number of halogens is 5. The van der Waals surface area contributed by atoms with Crippen molar-refractivity contribution < 1.29 is 22.8 Å². The van der Waals surface area contributed by atoms with Gasteiger partial charge in [-0.05, 0) is 31.0 Å². The van der Waals surface area contributed by atoms with Gasteiger partial charge in [-0.25, -0.2) is 0 Å². The van der Waals surface area contributed by atoms with E-state index in [4.69, 9.17) is 23.2 Å². The lowest BCUT2D eigenvalue weighted by Gasteiger charge is -2.22. The number of nitrogens with zero attached hydrogens (tertiary/aromatic N) is 1. The molecule has 130 valence electrons. The largest absolute Gasteiger partial charge is 0.454 e. The summed E-state index contributed by atoms with van der Waals surface area (Å²) in [6.07, 6.45) is -2.39. The molecular formula is C15H13Cl2F3N2O2. The van der Waals surface area contributed by atoms with Crippen LogP contribution in [0.4, 0.5) is 18.9 Å². The molecule has 4 nitrogen and oxygen atoms in total. The Labute approximate surface area is 146 Å². The summed E-state index contributed by atoms with van der Waals surface area (Å²) in [5.74, 6) is -2.37. The Morgan fingerprint density at radius 1 is 1.21 bits per heavy atom. The maximum absolute atomic E-state index is 12.3. The minimum atomic E-state index is -4.93. The van der Waals surface area contributed by atoms with E-state index in [1.165, 1.54) is 23.1 Å². The zero-order valence-electron chi connectivity index (χ0n) is 12.2. The number of ketones is 1. The van der Waals surface area contributed by atoms with E-state index in [9.17, 15) is 22.8 Å². The SMILES string of the molecule is O=C(Nc1cc(Cl)cc(Cl)c1)C1CCCN1C=CC(=O)C(F)(F)F. The van der Waals surface area contributed by atoms with Crippen molar-refractivity contribution in [1.82, 2.24) is 4.90 Å². The van der Waals surface area contributed by atoms with E-state index in [1.54, 1.807) is 0 Å². The Kier molecular flexibility index (Phi) is 5.77. The van der Waals surface area contributed by atoms with Crippen LogP contribution >= 0.6 is 23.2 Å². The number of rotatable bonds is 4. The number of nitrogens with one attached hydrogen (secondary N) is 1. The molecule has 1 fully saturated rings. The third-order valence-corrected chi connectivity index (χ3v) is 3.86. The average molecular weight is 381 g/mol. The number of carbonyl (C=O) groups is 2. The van der Waals surface area contributed by atoms with Crippen LogP contribution in [0.3, 0.4) is 0 Å². The number of anilines is 1. The van der Waals surface area contributed by atoms with Crippen molar-refractivity contribution >= 4 is 40.6 Å². The fourth-order valence-electron chi connectivity index (χ4n) is 2.36. The second kappa shape index (κ2) is 7.44. The van der Waals surface area contributed by atoms with Gasteiger partial charge < -0.3 is 10.2 Å². The highest BCUT2D eigenvalue weighted by atomic mass is 35.5. The number of allylic oxidation sites excluding steroid dienone is 1. The van der Waals surface area contributed by atoms with Crippen molar-refractivity contribution in [3.63, 3.8) is 0 Å². The second-order valence-corrected chi connectivity index (χ2v) is 6.09. The summed E-state index contributed by atoms with van der Waals surface area (Å²) in [4.78, 5) is 24.6. The number of likely N-dealkylation sites (tertiary alicyclic amines) is 1. The summed E-state index contributed by atoms with van der Waals surface area (Å²) < 4.78 is 36.7. The lowest BCUT2D eigenvalue weighted by atomic mass is 10.2. The molecule has 2 rings (SSSR count). The van der Waals surface area contributed by atoms with Crippen LogP contribution in [0.5, 0.6) is 0 Å². The monoisotopic (exact) mass is 380 g/mol. The first kappa shape index (κ1) is 18.6. The maximum atomic E-state index is 12.3. The van der Waals surface area contributed by atoms with E-state index in [1.807, 2.05) is 0 Å². The van der Waals surface area contributed by atoms with E-state index in [-0.39, 0.29) is 0 Å². The molecule has 1 heterocycles. The third kappa shape index (κ3) is 4.88. The van der Waals surface area contributed by atoms with Gasteiger partial charge >= 0.3 is 6.18 Å². The fourth-order valence-corrected chi connectivity index (χ4v) is 2.88. The number of amides is 1. The molecule has 1 aromatic rings. The fraction of sp³-hybridized carbons (Fsp3) is 0.333. The Hall–Kier alpha value is -1.73. The summed E-state index contributed by atoms with van der Waals surface area (Å²) in [5.41, 5.74) is 0.389. The molecule has 0 aliphatic carbocycles. The number of benzene rings is 1. The maximum Gasteiger partial charge on any atom is 0.454 e. The van der Waals surface area contributed by atoms with Gasteiger partial charge in [0.2, 0.25) is 5.91 Å². The molecule has 1 aromatic carbocycles. The summed E-state index contributed by atoms with van der Waals surface area (Å²) in [5, 5.41) is 3.31. The van der Waals surface area contributed by atoms with E-state index in [0.717, 1.165) is 6.20 Å².